The van der Waals surface area contributed by atoms with Gasteiger partial charge in [0.15, 0.2) is 11.6 Å². The van der Waals surface area contributed by atoms with E-state index in [9.17, 15) is 4.39 Å². The average Bonchev–Trinajstić information content (AvgIpc) is 2.64. The van der Waals surface area contributed by atoms with Gasteiger partial charge in [0.25, 0.3) is 0 Å². The second-order valence-electron chi connectivity index (χ2n) is 5.55. The van der Waals surface area contributed by atoms with E-state index in [1.165, 1.54) is 18.9 Å². The molecule has 2 aliphatic heterocycles. The Hall–Kier alpha value is -1.20. The summed E-state index contributed by atoms with van der Waals surface area (Å²) < 4.78 is 14.3. The lowest BCUT2D eigenvalue weighted by Gasteiger charge is -2.27. The van der Waals surface area contributed by atoms with Gasteiger partial charge in [-0.2, -0.15) is 0 Å². The molecule has 2 bridgehead atoms. The van der Waals surface area contributed by atoms with Crippen LogP contribution in [0.2, 0.25) is 0 Å². The van der Waals surface area contributed by atoms with Gasteiger partial charge < -0.3 is 10.0 Å². The fourth-order valence-electron chi connectivity index (χ4n) is 3.32. The van der Waals surface area contributed by atoms with Crippen LogP contribution in [0.15, 0.2) is 12.3 Å². The van der Waals surface area contributed by atoms with E-state index < -0.39 is 0 Å². The molecule has 19 heavy (non-hydrogen) atoms. The third-order valence-corrected chi connectivity index (χ3v) is 4.57. The Morgan fingerprint density at radius 2 is 2.16 bits per heavy atom. The number of aliphatic hydroxyl groups excluding tert-OH is 1. The SMILES string of the molecule is CN1C2CCC1CN(c1nccc(CO)c1F)CC2. The molecule has 0 aliphatic carbocycles. The summed E-state index contributed by atoms with van der Waals surface area (Å²) in [6, 6.07) is 2.65. The number of pyridine rings is 1. The Kier molecular flexibility index (Phi) is 3.41. The second-order valence-corrected chi connectivity index (χ2v) is 5.55. The monoisotopic (exact) mass is 265 g/mol. The van der Waals surface area contributed by atoms with Crippen molar-refractivity contribution in [2.75, 3.05) is 25.0 Å². The highest BCUT2D eigenvalue weighted by Crippen LogP contribution is 2.31. The first-order valence-electron chi connectivity index (χ1n) is 6.92. The number of aromatic nitrogens is 1. The molecule has 104 valence electrons. The summed E-state index contributed by atoms with van der Waals surface area (Å²) in [6.07, 6.45) is 5.06. The van der Waals surface area contributed by atoms with Crippen LogP contribution < -0.4 is 4.90 Å². The van der Waals surface area contributed by atoms with Crippen LogP contribution in [0, 0.1) is 5.82 Å². The van der Waals surface area contributed by atoms with Crippen LogP contribution >= 0.6 is 0 Å². The van der Waals surface area contributed by atoms with Gasteiger partial charge >= 0.3 is 0 Å². The van der Waals surface area contributed by atoms with Crippen LogP contribution in [-0.2, 0) is 6.61 Å². The summed E-state index contributed by atoms with van der Waals surface area (Å²) in [7, 11) is 2.17. The molecule has 2 saturated heterocycles. The van der Waals surface area contributed by atoms with Gasteiger partial charge in [-0.1, -0.05) is 0 Å². The molecule has 3 heterocycles. The van der Waals surface area contributed by atoms with E-state index in [2.05, 4.69) is 16.9 Å². The van der Waals surface area contributed by atoms with Gasteiger partial charge in [0.05, 0.1) is 6.61 Å². The van der Waals surface area contributed by atoms with Gasteiger partial charge in [-0.05, 0) is 32.4 Å². The predicted molar refractivity (Wildman–Crippen MR) is 71.5 cm³/mol. The molecule has 0 aromatic carbocycles. The quantitative estimate of drug-likeness (QED) is 0.877. The predicted octanol–water partition coefficient (Wildman–Crippen LogP) is 1.39. The molecule has 2 aliphatic rings. The Balaban J connectivity index is 1.87. The highest BCUT2D eigenvalue weighted by atomic mass is 19.1. The molecule has 0 spiro atoms. The first kappa shape index (κ1) is 12.8. The number of nitrogens with zero attached hydrogens (tertiary/aromatic N) is 3. The number of fused-ring (bicyclic) bond motifs is 2. The number of anilines is 1. The van der Waals surface area contributed by atoms with E-state index in [4.69, 9.17) is 5.11 Å². The van der Waals surface area contributed by atoms with Crippen LogP contribution in [0.4, 0.5) is 10.2 Å². The van der Waals surface area contributed by atoms with Crippen molar-refractivity contribution >= 4 is 5.82 Å². The molecule has 2 fully saturated rings. The van der Waals surface area contributed by atoms with Crippen molar-refractivity contribution < 1.29 is 9.50 Å². The van der Waals surface area contributed by atoms with Crippen molar-refractivity contribution in [2.24, 2.45) is 0 Å². The lowest BCUT2D eigenvalue weighted by atomic mass is 10.1. The smallest absolute Gasteiger partial charge is 0.171 e. The van der Waals surface area contributed by atoms with Crippen molar-refractivity contribution in [2.45, 2.75) is 38.0 Å². The van der Waals surface area contributed by atoms with E-state index in [0.717, 1.165) is 19.5 Å². The summed E-state index contributed by atoms with van der Waals surface area (Å²) in [5.41, 5.74) is 0.327. The number of hydrogen-bond donors (Lipinski definition) is 1. The minimum atomic E-state index is -0.370. The Morgan fingerprint density at radius 1 is 1.37 bits per heavy atom. The van der Waals surface area contributed by atoms with Gasteiger partial charge in [0.2, 0.25) is 0 Å². The average molecular weight is 265 g/mol. The summed E-state index contributed by atoms with van der Waals surface area (Å²) >= 11 is 0. The number of likely N-dealkylation sites (N-methyl/N-ethyl adjacent to an activating group) is 1. The minimum Gasteiger partial charge on any atom is -0.392 e. The number of hydrogen-bond acceptors (Lipinski definition) is 4. The second kappa shape index (κ2) is 5.06. The van der Waals surface area contributed by atoms with Crippen LogP contribution in [0.25, 0.3) is 0 Å². The zero-order chi connectivity index (χ0) is 13.4. The Morgan fingerprint density at radius 3 is 2.95 bits per heavy atom. The van der Waals surface area contributed by atoms with Gasteiger partial charge in [0.1, 0.15) is 0 Å². The molecule has 1 N–H and O–H groups in total. The van der Waals surface area contributed by atoms with Crippen LogP contribution in [-0.4, -0.2) is 47.2 Å². The molecule has 5 heteroatoms. The molecule has 0 amide bonds. The molecule has 1 aromatic heterocycles. The number of aliphatic hydroxyl groups is 1. The summed E-state index contributed by atoms with van der Waals surface area (Å²) in [4.78, 5) is 8.64. The van der Waals surface area contributed by atoms with Crippen LogP contribution in [0.3, 0.4) is 0 Å². The zero-order valence-corrected chi connectivity index (χ0v) is 11.2. The lowest BCUT2D eigenvalue weighted by molar-refractivity contribution is 0.254. The lowest BCUT2D eigenvalue weighted by Crippen LogP contribution is -2.37. The molecule has 2 unspecified atom stereocenters. The van der Waals surface area contributed by atoms with E-state index in [1.54, 1.807) is 6.20 Å². The maximum absolute atomic E-state index is 14.3. The van der Waals surface area contributed by atoms with E-state index >= 15 is 0 Å². The number of rotatable bonds is 2. The molecule has 3 rings (SSSR count). The fourth-order valence-corrected chi connectivity index (χ4v) is 3.32. The first-order chi connectivity index (χ1) is 9.20. The largest absolute Gasteiger partial charge is 0.392 e. The van der Waals surface area contributed by atoms with Gasteiger partial charge in [-0.15, -0.1) is 0 Å². The maximum Gasteiger partial charge on any atom is 0.171 e. The summed E-state index contributed by atoms with van der Waals surface area (Å²) in [5, 5.41) is 9.15. The van der Waals surface area contributed by atoms with Crippen molar-refractivity contribution in [1.82, 2.24) is 9.88 Å². The summed E-state index contributed by atoms with van der Waals surface area (Å²) in [6.45, 7) is 1.39. The third kappa shape index (κ3) is 2.21. The fraction of sp³-hybridized carbons (Fsp3) is 0.643. The van der Waals surface area contributed by atoms with Crippen molar-refractivity contribution in [1.29, 1.82) is 0 Å². The van der Waals surface area contributed by atoms with Crippen molar-refractivity contribution in [3.8, 4) is 0 Å². The third-order valence-electron chi connectivity index (χ3n) is 4.57. The van der Waals surface area contributed by atoms with Crippen molar-refractivity contribution in [3.05, 3.63) is 23.6 Å². The van der Waals surface area contributed by atoms with Gasteiger partial charge in [-0.25, -0.2) is 9.37 Å². The molecule has 0 radical (unpaired) electrons. The molecule has 4 nitrogen and oxygen atoms in total. The molecule has 1 aromatic rings. The highest BCUT2D eigenvalue weighted by Gasteiger charge is 2.35. The number of halogens is 1. The Labute approximate surface area is 112 Å². The highest BCUT2D eigenvalue weighted by molar-refractivity contribution is 5.43. The molecule has 0 saturated carbocycles. The van der Waals surface area contributed by atoms with Crippen LogP contribution in [0.1, 0.15) is 24.8 Å². The minimum absolute atomic E-state index is 0.277. The van der Waals surface area contributed by atoms with E-state index in [1.807, 2.05) is 4.90 Å². The standard InChI is InChI=1S/C14H20FN3O/c1-17-11-2-3-12(17)8-18(7-5-11)14-13(15)10(9-19)4-6-16-14/h4,6,11-12,19H,2-3,5,7-9H2,1H3. The topological polar surface area (TPSA) is 39.6 Å². The van der Waals surface area contributed by atoms with Crippen LogP contribution in [0.5, 0.6) is 0 Å². The van der Waals surface area contributed by atoms with E-state index in [-0.39, 0.29) is 12.4 Å². The van der Waals surface area contributed by atoms with Gasteiger partial charge in [0, 0.05) is 36.9 Å². The molecular weight excluding hydrogens is 245 g/mol. The van der Waals surface area contributed by atoms with E-state index in [0.29, 0.717) is 23.5 Å². The van der Waals surface area contributed by atoms with Crippen molar-refractivity contribution in [3.63, 3.8) is 0 Å². The Bertz CT molecular complexity index is 468. The maximum atomic E-state index is 14.3. The van der Waals surface area contributed by atoms with Gasteiger partial charge in [-0.3, -0.25) is 4.90 Å². The molecule has 2 atom stereocenters. The summed E-state index contributed by atoms with van der Waals surface area (Å²) in [5.74, 6) is 0.0259. The molecular formula is C14H20FN3O. The normalized spacial score (nSPS) is 27.6. The zero-order valence-electron chi connectivity index (χ0n) is 11.2. The first-order valence-corrected chi connectivity index (χ1v) is 6.92.